The van der Waals surface area contributed by atoms with Crippen molar-refractivity contribution in [2.45, 2.75) is 19.3 Å². The second-order valence-electron chi connectivity index (χ2n) is 3.65. The maximum Gasteiger partial charge on any atom is 0.181 e. The maximum absolute atomic E-state index is 8.68. The summed E-state index contributed by atoms with van der Waals surface area (Å²) in [6, 6.07) is 9.88. The molecule has 0 spiro atoms. The van der Waals surface area contributed by atoms with Gasteiger partial charge in [-0.15, -0.1) is 0 Å². The van der Waals surface area contributed by atoms with Gasteiger partial charge >= 0.3 is 0 Å². The van der Waals surface area contributed by atoms with E-state index in [1.165, 1.54) is 0 Å². The van der Waals surface area contributed by atoms with Crippen molar-refractivity contribution in [3.8, 4) is 11.4 Å². The molecule has 0 unspecified atom stereocenters. The molecule has 0 saturated heterocycles. The highest BCUT2D eigenvalue weighted by Crippen LogP contribution is 2.13. The van der Waals surface area contributed by atoms with Crippen molar-refractivity contribution in [3.63, 3.8) is 0 Å². The highest BCUT2D eigenvalue weighted by Gasteiger charge is 2.04. The number of aliphatic hydroxyl groups is 1. The number of aliphatic hydroxyl groups excluding tert-OH is 1. The Hall–Kier alpha value is -1.68. The lowest BCUT2D eigenvalue weighted by atomic mass is 10.2. The Labute approximate surface area is 94.4 Å². The molecule has 0 radical (unpaired) electrons. The van der Waals surface area contributed by atoms with Crippen LogP contribution < -0.4 is 0 Å². The van der Waals surface area contributed by atoms with E-state index < -0.39 is 0 Å². The number of aromatic amines is 1. The Morgan fingerprint density at radius 2 is 1.94 bits per heavy atom. The molecule has 16 heavy (non-hydrogen) atoms. The van der Waals surface area contributed by atoms with Crippen molar-refractivity contribution in [1.82, 2.24) is 15.2 Å². The Morgan fingerprint density at radius 1 is 1.12 bits per heavy atom. The average molecular weight is 217 g/mol. The molecule has 4 nitrogen and oxygen atoms in total. The van der Waals surface area contributed by atoms with Crippen LogP contribution in [0.1, 0.15) is 18.7 Å². The SMILES string of the molecule is OCCCCc1nc(-c2ccccc2)n[nH]1. The summed E-state index contributed by atoms with van der Waals surface area (Å²) in [5.74, 6) is 1.62. The largest absolute Gasteiger partial charge is 0.396 e. The van der Waals surface area contributed by atoms with Crippen LogP contribution in [0.5, 0.6) is 0 Å². The number of nitrogens with one attached hydrogen (secondary N) is 1. The van der Waals surface area contributed by atoms with Crippen LogP contribution in [0.3, 0.4) is 0 Å². The molecule has 2 rings (SSSR count). The molecule has 2 aromatic rings. The van der Waals surface area contributed by atoms with E-state index in [0.717, 1.165) is 36.5 Å². The molecule has 0 aliphatic rings. The summed E-state index contributed by atoms with van der Waals surface area (Å²) in [6.07, 6.45) is 2.57. The van der Waals surface area contributed by atoms with E-state index in [1.807, 2.05) is 30.3 Å². The number of nitrogens with zero attached hydrogens (tertiary/aromatic N) is 2. The minimum Gasteiger partial charge on any atom is -0.396 e. The van der Waals surface area contributed by atoms with E-state index >= 15 is 0 Å². The molecular weight excluding hydrogens is 202 g/mol. The van der Waals surface area contributed by atoms with Crippen molar-refractivity contribution < 1.29 is 5.11 Å². The number of rotatable bonds is 5. The zero-order valence-corrected chi connectivity index (χ0v) is 9.06. The number of benzene rings is 1. The van der Waals surface area contributed by atoms with E-state index in [2.05, 4.69) is 15.2 Å². The van der Waals surface area contributed by atoms with Crippen molar-refractivity contribution in [3.05, 3.63) is 36.2 Å². The predicted molar refractivity (Wildman–Crippen MR) is 61.8 cm³/mol. The Kier molecular flexibility index (Phi) is 3.66. The smallest absolute Gasteiger partial charge is 0.181 e. The molecule has 2 N–H and O–H groups in total. The third kappa shape index (κ3) is 2.67. The summed E-state index contributed by atoms with van der Waals surface area (Å²) in [5, 5.41) is 15.8. The lowest BCUT2D eigenvalue weighted by Crippen LogP contribution is -1.90. The van der Waals surface area contributed by atoms with Gasteiger partial charge in [0, 0.05) is 18.6 Å². The molecule has 0 saturated carbocycles. The summed E-state index contributed by atoms with van der Waals surface area (Å²) < 4.78 is 0. The topological polar surface area (TPSA) is 61.8 Å². The normalized spacial score (nSPS) is 10.6. The Morgan fingerprint density at radius 3 is 2.69 bits per heavy atom. The minimum absolute atomic E-state index is 0.236. The lowest BCUT2D eigenvalue weighted by molar-refractivity contribution is 0.284. The summed E-state index contributed by atoms with van der Waals surface area (Å²) in [5.41, 5.74) is 1.02. The van der Waals surface area contributed by atoms with Crippen LogP contribution in [0.4, 0.5) is 0 Å². The van der Waals surface area contributed by atoms with Crippen molar-refractivity contribution >= 4 is 0 Å². The predicted octanol–water partition coefficient (Wildman–Crippen LogP) is 1.79. The van der Waals surface area contributed by atoms with Crippen LogP contribution in [0, 0.1) is 0 Å². The van der Waals surface area contributed by atoms with Gasteiger partial charge in [0.25, 0.3) is 0 Å². The molecule has 0 aliphatic carbocycles. The first-order chi connectivity index (χ1) is 7.90. The highest BCUT2D eigenvalue weighted by atomic mass is 16.2. The quantitative estimate of drug-likeness (QED) is 0.750. The second-order valence-corrected chi connectivity index (χ2v) is 3.65. The number of hydrogen-bond donors (Lipinski definition) is 2. The van der Waals surface area contributed by atoms with Gasteiger partial charge < -0.3 is 5.11 Å². The number of hydrogen-bond acceptors (Lipinski definition) is 3. The first kappa shape index (κ1) is 10.8. The third-order valence-corrected chi connectivity index (χ3v) is 2.39. The van der Waals surface area contributed by atoms with Gasteiger partial charge in [-0.1, -0.05) is 30.3 Å². The fraction of sp³-hybridized carbons (Fsp3) is 0.333. The fourth-order valence-electron chi connectivity index (χ4n) is 1.53. The third-order valence-electron chi connectivity index (χ3n) is 2.39. The number of aromatic nitrogens is 3. The average Bonchev–Trinajstić information content (AvgIpc) is 2.79. The van der Waals surface area contributed by atoms with Gasteiger partial charge in [0.2, 0.25) is 0 Å². The number of unbranched alkanes of at least 4 members (excludes halogenated alkanes) is 1. The second kappa shape index (κ2) is 5.42. The van der Waals surface area contributed by atoms with E-state index in [4.69, 9.17) is 5.11 Å². The summed E-state index contributed by atoms with van der Waals surface area (Å²) in [6.45, 7) is 0.236. The molecule has 0 amide bonds. The molecule has 0 aliphatic heterocycles. The van der Waals surface area contributed by atoms with Gasteiger partial charge in [-0.3, -0.25) is 5.10 Å². The van der Waals surface area contributed by atoms with Gasteiger partial charge in [-0.05, 0) is 12.8 Å². The van der Waals surface area contributed by atoms with Crippen molar-refractivity contribution in [2.24, 2.45) is 0 Å². The maximum atomic E-state index is 8.68. The van der Waals surface area contributed by atoms with Crippen LogP contribution in [0.2, 0.25) is 0 Å². The van der Waals surface area contributed by atoms with Gasteiger partial charge in [-0.25, -0.2) is 4.98 Å². The van der Waals surface area contributed by atoms with Gasteiger partial charge in [0.05, 0.1) is 0 Å². The van der Waals surface area contributed by atoms with Gasteiger partial charge in [0.15, 0.2) is 5.82 Å². The highest BCUT2D eigenvalue weighted by molar-refractivity contribution is 5.53. The number of aryl methyl sites for hydroxylation is 1. The summed E-state index contributed by atoms with van der Waals surface area (Å²) in [4.78, 5) is 4.40. The van der Waals surface area contributed by atoms with Crippen LogP contribution >= 0.6 is 0 Å². The molecule has 84 valence electrons. The Balaban J connectivity index is 2.02. The lowest BCUT2D eigenvalue weighted by Gasteiger charge is -1.93. The van der Waals surface area contributed by atoms with E-state index in [-0.39, 0.29) is 6.61 Å². The van der Waals surface area contributed by atoms with E-state index in [0.29, 0.717) is 0 Å². The minimum atomic E-state index is 0.236. The Bertz CT molecular complexity index is 425. The zero-order valence-electron chi connectivity index (χ0n) is 9.06. The van der Waals surface area contributed by atoms with Crippen molar-refractivity contribution in [2.75, 3.05) is 6.61 Å². The van der Waals surface area contributed by atoms with Crippen LogP contribution in [0.25, 0.3) is 11.4 Å². The first-order valence-electron chi connectivity index (χ1n) is 5.47. The molecular formula is C12H15N3O. The fourth-order valence-corrected chi connectivity index (χ4v) is 1.53. The van der Waals surface area contributed by atoms with Gasteiger partial charge in [0.1, 0.15) is 5.82 Å². The molecule has 4 heteroatoms. The number of H-pyrrole nitrogens is 1. The van der Waals surface area contributed by atoms with E-state index in [1.54, 1.807) is 0 Å². The molecule has 1 heterocycles. The zero-order chi connectivity index (χ0) is 11.2. The molecule has 0 atom stereocenters. The standard InChI is InChI=1S/C12H15N3O/c16-9-5-4-8-11-13-12(15-14-11)10-6-2-1-3-7-10/h1-3,6-7,16H,4-5,8-9H2,(H,13,14,15). The first-order valence-corrected chi connectivity index (χ1v) is 5.47. The molecule has 0 fully saturated rings. The monoisotopic (exact) mass is 217 g/mol. The molecule has 1 aromatic heterocycles. The van der Waals surface area contributed by atoms with E-state index in [9.17, 15) is 0 Å². The van der Waals surface area contributed by atoms with Crippen LogP contribution in [-0.4, -0.2) is 26.9 Å². The van der Waals surface area contributed by atoms with Crippen LogP contribution in [-0.2, 0) is 6.42 Å². The summed E-state index contributed by atoms with van der Waals surface area (Å²) >= 11 is 0. The molecule has 1 aromatic carbocycles. The molecule has 0 bridgehead atoms. The van der Waals surface area contributed by atoms with Crippen molar-refractivity contribution in [1.29, 1.82) is 0 Å². The van der Waals surface area contributed by atoms with Crippen LogP contribution in [0.15, 0.2) is 30.3 Å². The van der Waals surface area contributed by atoms with Gasteiger partial charge in [-0.2, -0.15) is 5.10 Å². The summed E-state index contributed by atoms with van der Waals surface area (Å²) in [7, 11) is 0.